The Labute approximate surface area is 119 Å². The smallest absolute Gasteiger partial charge is 0.322 e. The molecular formula is C14H11N3O4. The quantitative estimate of drug-likeness (QED) is 0.859. The van der Waals surface area contributed by atoms with Crippen molar-refractivity contribution in [2.45, 2.75) is 13.3 Å². The van der Waals surface area contributed by atoms with E-state index in [1.807, 2.05) is 6.92 Å². The molecule has 0 unspecified atom stereocenters. The Bertz CT molecular complexity index is 715. The number of carbonyl (C=O) groups excluding carboxylic acids is 3. The van der Waals surface area contributed by atoms with Crippen LogP contribution in [0.3, 0.4) is 0 Å². The Hall–Kier alpha value is -2.96. The second-order valence-electron chi connectivity index (χ2n) is 4.46. The number of aromatic amines is 1. The lowest BCUT2D eigenvalue weighted by molar-refractivity contribution is -0.0588. The van der Waals surface area contributed by atoms with Crippen LogP contribution in [0.5, 0.6) is 0 Å². The number of amides is 2. The third-order valence-electron chi connectivity index (χ3n) is 3.15. The van der Waals surface area contributed by atoms with Crippen LogP contribution in [0, 0.1) is 0 Å². The van der Waals surface area contributed by atoms with Crippen molar-refractivity contribution in [3.8, 4) is 0 Å². The summed E-state index contributed by atoms with van der Waals surface area (Å²) in [5, 5.41) is 6.91. The molecular weight excluding hydrogens is 274 g/mol. The van der Waals surface area contributed by atoms with E-state index in [1.54, 1.807) is 12.1 Å². The summed E-state index contributed by atoms with van der Waals surface area (Å²) < 4.78 is 0. The molecule has 0 radical (unpaired) electrons. The number of hydroxylamine groups is 2. The van der Waals surface area contributed by atoms with Gasteiger partial charge in [0.2, 0.25) is 0 Å². The van der Waals surface area contributed by atoms with Crippen molar-refractivity contribution in [1.29, 1.82) is 0 Å². The van der Waals surface area contributed by atoms with Gasteiger partial charge in [-0.25, -0.2) is 4.79 Å². The van der Waals surface area contributed by atoms with Crippen molar-refractivity contribution in [2.75, 3.05) is 0 Å². The number of aryl methyl sites for hydroxylation is 1. The summed E-state index contributed by atoms with van der Waals surface area (Å²) in [6.07, 6.45) is 0.674. The lowest BCUT2D eigenvalue weighted by Gasteiger charge is -2.11. The molecule has 0 aliphatic carbocycles. The maximum Gasteiger partial charge on any atom is 0.384 e. The predicted octanol–water partition coefficient (Wildman–Crippen LogP) is 1.34. The Morgan fingerprint density at radius 1 is 1.24 bits per heavy atom. The van der Waals surface area contributed by atoms with Gasteiger partial charge in [0.15, 0.2) is 5.69 Å². The van der Waals surface area contributed by atoms with Crippen LogP contribution in [0.1, 0.15) is 43.8 Å². The molecule has 2 aromatic rings. The van der Waals surface area contributed by atoms with Crippen molar-refractivity contribution >= 4 is 17.8 Å². The van der Waals surface area contributed by atoms with Crippen LogP contribution >= 0.6 is 0 Å². The fourth-order valence-corrected chi connectivity index (χ4v) is 2.03. The highest BCUT2D eigenvalue weighted by atomic mass is 16.7. The molecule has 7 nitrogen and oxygen atoms in total. The number of benzene rings is 1. The van der Waals surface area contributed by atoms with Gasteiger partial charge in [-0.1, -0.05) is 24.1 Å². The van der Waals surface area contributed by atoms with Crippen LogP contribution in [0.15, 0.2) is 30.3 Å². The summed E-state index contributed by atoms with van der Waals surface area (Å²) >= 11 is 0. The lowest BCUT2D eigenvalue weighted by Crippen LogP contribution is -2.32. The average Bonchev–Trinajstić information content (AvgIpc) is 3.07. The normalized spacial score (nSPS) is 13.5. The van der Waals surface area contributed by atoms with E-state index >= 15 is 0 Å². The fraction of sp³-hybridized carbons (Fsp3) is 0.143. The molecule has 1 aromatic heterocycles. The third kappa shape index (κ3) is 2.08. The highest BCUT2D eigenvalue weighted by Gasteiger charge is 2.39. The first-order chi connectivity index (χ1) is 10.1. The largest absolute Gasteiger partial charge is 0.384 e. The molecule has 0 saturated carbocycles. The summed E-state index contributed by atoms with van der Waals surface area (Å²) in [4.78, 5) is 40.9. The van der Waals surface area contributed by atoms with Gasteiger partial charge in [0, 0.05) is 5.69 Å². The van der Waals surface area contributed by atoms with Crippen molar-refractivity contribution < 1.29 is 19.2 Å². The first-order valence-corrected chi connectivity index (χ1v) is 6.36. The van der Waals surface area contributed by atoms with E-state index in [9.17, 15) is 14.4 Å². The van der Waals surface area contributed by atoms with E-state index in [-0.39, 0.29) is 16.8 Å². The number of hydrogen-bond donors (Lipinski definition) is 1. The van der Waals surface area contributed by atoms with Gasteiger partial charge in [-0.2, -0.15) is 5.10 Å². The van der Waals surface area contributed by atoms with E-state index < -0.39 is 17.8 Å². The third-order valence-corrected chi connectivity index (χ3v) is 3.15. The second-order valence-corrected chi connectivity index (χ2v) is 4.46. The number of rotatable bonds is 3. The minimum atomic E-state index is -0.861. The van der Waals surface area contributed by atoms with Gasteiger partial charge in [-0.3, -0.25) is 14.7 Å². The molecule has 0 atom stereocenters. The van der Waals surface area contributed by atoms with E-state index in [4.69, 9.17) is 4.84 Å². The van der Waals surface area contributed by atoms with Crippen LogP contribution in [-0.4, -0.2) is 33.0 Å². The zero-order valence-electron chi connectivity index (χ0n) is 11.1. The standard InChI is InChI=1S/C14H11N3O4/c1-2-8-7-11(16-15-8)14(20)21-17-12(18)9-5-3-4-6-10(9)13(17)19/h3-7H,2H2,1H3,(H,15,16). The summed E-state index contributed by atoms with van der Waals surface area (Å²) in [7, 11) is 0. The van der Waals surface area contributed by atoms with Gasteiger partial charge in [-0.15, -0.1) is 0 Å². The van der Waals surface area contributed by atoms with E-state index in [1.165, 1.54) is 18.2 Å². The zero-order chi connectivity index (χ0) is 15.0. The summed E-state index contributed by atoms with van der Waals surface area (Å²) in [6, 6.07) is 7.80. The molecule has 21 heavy (non-hydrogen) atoms. The number of carbonyl (C=O) groups is 3. The highest BCUT2D eigenvalue weighted by Crippen LogP contribution is 2.23. The molecule has 0 saturated heterocycles. The van der Waals surface area contributed by atoms with Gasteiger partial charge in [-0.05, 0) is 24.6 Å². The fourth-order valence-electron chi connectivity index (χ4n) is 2.03. The number of H-pyrrole nitrogens is 1. The summed E-state index contributed by atoms with van der Waals surface area (Å²) in [5.74, 6) is -2.18. The van der Waals surface area contributed by atoms with E-state index in [0.29, 0.717) is 11.5 Å². The second kappa shape index (κ2) is 4.86. The van der Waals surface area contributed by atoms with Crippen LogP contribution in [0.25, 0.3) is 0 Å². The Balaban J connectivity index is 1.82. The monoisotopic (exact) mass is 285 g/mol. The van der Waals surface area contributed by atoms with E-state index in [2.05, 4.69) is 10.2 Å². The Kier molecular flexibility index (Phi) is 3.02. The van der Waals surface area contributed by atoms with Gasteiger partial charge >= 0.3 is 5.97 Å². The summed E-state index contributed by atoms with van der Waals surface area (Å²) in [5.41, 5.74) is 1.20. The Morgan fingerprint density at radius 2 is 1.86 bits per heavy atom. The first kappa shape index (κ1) is 13.0. The molecule has 1 N–H and O–H groups in total. The van der Waals surface area contributed by atoms with Crippen LogP contribution in [0.2, 0.25) is 0 Å². The van der Waals surface area contributed by atoms with Crippen molar-refractivity contribution in [2.24, 2.45) is 0 Å². The molecule has 1 aliphatic heterocycles. The van der Waals surface area contributed by atoms with Gasteiger partial charge in [0.25, 0.3) is 11.8 Å². The molecule has 3 rings (SSSR count). The minimum Gasteiger partial charge on any atom is -0.322 e. The van der Waals surface area contributed by atoms with Crippen molar-refractivity contribution in [1.82, 2.24) is 15.3 Å². The topological polar surface area (TPSA) is 92.4 Å². The van der Waals surface area contributed by atoms with Crippen molar-refractivity contribution in [3.63, 3.8) is 0 Å². The lowest BCUT2D eigenvalue weighted by atomic mass is 10.1. The molecule has 1 aliphatic rings. The maximum absolute atomic E-state index is 12.0. The molecule has 0 fully saturated rings. The average molecular weight is 285 g/mol. The number of imide groups is 1. The van der Waals surface area contributed by atoms with Crippen LogP contribution in [0.4, 0.5) is 0 Å². The predicted molar refractivity (Wildman–Crippen MR) is 70.3 cm³/mol. The molecule has 106 valence electrons. The number of nitrogens with one attached hydrogen (secondary N) is 1. The molecule has 1 aromatic carbocycles. The number of hydrogen-bond acceptors (Lipinski definition) is 5. The number of aromatic nitrogens is 2. The zero-order valence-corrected chi connectivity index (χ0v) is 11.1. The van der Waals surface area contributed by atoms with E-state index in [0.717, 1.165) is 5.69 Å². The minimum absolute atomic E-state index is 0.0170. The molecule has 2 heterocycles. The maximum atomic E-state index is 12.0. The number of nitrogens with zero attached hydrogens (tertiary/aromatic N) is 2. The molecule has 2 amide bonds. The van der Waals surface area contributed by atoms with Gasteiger partial charge < -0.3 is 4.84 Å². The summed E-state index contributed by atoms with van der Waals surface area (Å²) in [6.45, 7) is 1.90. The number of fused-ring (bicyclic) bond motifs is 1. The van der Waals surface area contributed by atoms with Gasteiger partial charge in [0.1, 0.15) is 0 Å². The molecule has 0 bridgehead atoms. The van der Waals surface area contributed by atoms with Crippen LogP contribution < -0.4 is 0 Å². The van der Waals surface area contributed by atoms with Crippen LogP contribution in [-0.2, 0) is 11.3 Å². The van der Waals surface area contributed by atoms with Gasteiger partial charge in [0.05, 0.1) is 11.1 Å². The highest BCUT2D eigenvalue weighted by molar-refractivity contribution is 6.21. The first-order valence-electron chi connectivity index (χ1n) is 6.36. The SMILES string of the molecule is CCc1cc(C(=O)ON2C(=O)c3ccccc3C2=O)n[nH]1. The Morgan fingerprint density at radius 3 is 2.38 bits per heavy atom. The van der Waals surface area contributed by atoms with Crippen molar-refractivity contribution in [3.05, 3.63) is 52.8 Å². The molecule has 7 heteroatoms. The molecule has 0 spiro atoms.